The fourth-order valence-electron chi connectivity index (χ4n) is 3.22. The standard InChI is InChI=1S/C15H28N2O3/c1-5-16-15(13-6-7-13,14(18)19-4)10-17-8-12(3)20-9-11(17)2/h11-13,16H,5-10H2,1-4H3. The summed E-state index contributed by atoms with van der Waals surface area (Å²) in [4.78, 5) is 14.8. The van der Waals surface area contributed by atoms with Crippen molar-refractivity contribution in [2.45, 2.75) is 51.3 Å². The number of carbonyl (C=O) groups excluding carboxylic acids is 1. The molecule has 3 atom stereocenters. The Hall–Kier alpha value is -0.650. The van der Waals surface area contributed by atoms with Crippen LogP contribution in [0.15, 0.2) is 0 Å². The van der Waals surface area contributed by atoms with E-state index in [1.807, 2.05) is 6.92 Å². The van der Waals surface area contributed by atoms with Gasteiger partial charge in [-0.25, -0.2) is 4.79 Å². The maximum Gasteiger partial charge on any atom is 0.327 e. The summed E-state index contributed by atoms with van der Waals surface area (Å²) in [6.45, 7) is 9.39. The lowest BCUT2D eigenvalue weighted by Gasteiger charge is -2.43. The van der Waals surface area contributed by atoms with Gasteiger partial charge in [0.15, 0.2) is 0 Å². The Kier molecular flexibility index (Phi) is 5.04. The minimum absolute atomic E-state index is 0.117. The summed E-state index contributed by atoms with van der Waals surface area (Å²) in [6, 6.07) is 0.340. The summed E-state index contributed by atoms with van der Waals surface area (Å²) >= 11 is 0. The third-order valence-electron chi connectivity index (χ3n) is 4.51. The zero-order valence-corrected chi connectivity index (χ0v) is 13.1. The monoisotopic (exact) mass is 284 g/mol. The van der Waals surface area contributed by atoms with Crippen molar-refractivity contribution in [3.05, 3.63) is 0 Å². The Labute approximate surface area is 122 Å². The van der Waals surface area contributed by atoms with E-state index in [2.05, 4.69) is 24.1 Å². The molecule has 5 heteroatoms. The molecule has 116 valence electrons. The van der Waals surface area contributed by atoms with Crippen molar-refractivity contribution in [2.24, 2.45) is 5.92 Å². The van der Waals surface area contributed by atoms with Crippen LogP contribution in [0.1, 0.15) is 33.6 Å². The second-order valence-electron chi connectivity index (χ2n) is 6.19. The lowest BCUT2D eigenvalue weighted by molar-refractivity contribution is -0.152. The van der Waals surface area contributed by atoms with E-state index >= 15 is 0 Å². The van der Waals surface area contributed by atoms with Crippen molar-refractivity contribution in [3.8, 4) is 0 Å². The van der Waals surface area contributed by atoms with Crippen LogP contribution in [-0.2, 0) is 14.3 Å². The highest BCUT2D eigenvalue weighted by molar-refractivity contribution is 5.82. The zero-order valence-electron chi connectivity index (χ0n) is 13.1. The van der Waals surface area contributed by atoms with Gasteiger partial charge in [-0.3, -0.25) is 4.90 Å². The summed E-state index contributed by atoms with van der Waals surface area (Å²) in [7, 11) is 1.49. The fraction of sp³-hybridized carbons (Fsp3) is 0.933. The maximum atomic E-state index is 12.4. The predicted octanol–water partition coefficient (Wildman–Crippen LogP) is 1.03. The Morgan fingerprint density at radius 2 is 2.15 bits per heavy atom. The van der Waals surface area contributed by atoms with Gasteiger partial charge in [0.1, 0.15) is 5.54 Å². The van der Waals surface area contributed by atoms with E-state index in [1.165, 1.54) is 7.11 Å². The Balaban J connectivity index is 2.15. The smallest absolute Gasteiger partial charge is 0.327 e. The summed E-state index contributed by atoms with van der Waals surface area (Å²) in [5, 5.41) is 3.43. The van der Waals surface area contributed by atoms with Crippen LogP contribution < -0.4 is 5.32 Å². The minimum Gasteiger partial charge on any atom is -0.468 e. The molecule has 0 spiro atoms. The molecule has 1 aliphatic heterocycles. The van der Waals surface area contributed by atoms with Crippen LogP contribution >= 0.6 is 0 Å². The topological polar surface area (TPSA) is 50.8 Å². The third-order valence-corrected chi connectivity index (χ3v) is 4.51. The van der Waals surface area contributed by atoms with Gasteiger partial charge in [0.2, 0.25) is 0 Å². The van der Waals surface area contributed by atoms with Crippen LogP contribution in [0, 0.1) is 5.92 Å². The second kappa shape index (κ2) is 6.41. The first-order valence-corrected chi connectivity index (χ1v) is 7.72. The first-order chi connectivity index (χ1) is 9.53. The molecule has 0 radical (unpaired) electrons. The Morgan fingerprint density at radius 3 is 2.70 bits per heavy atom. The van der Waals surface area contributed by atoms with Crippen molar-refractivity contribution in [3.63, 3.8) is 0 Å². The lowest BCUT2D eigenvalue weighted by Crippen LogP contribution is -2.64. The van der Waals surface area contributed by atoms with E-state index in [4.69, 9.17) is 9.47 Å². The van der Waals surface area contributed by atoms with E-state index < -0.39 is 5.54 Å². The number of nitrogens with zero attached hydrogens (tertiary/aromatic N) is 1. The van der Waals surface area contributed by atoms with E-state index in [0.29, 0.717) is 18.5 Å². The number of methoxy groups -OCH3 is 1. The van der Waals surface area contributed by atoms with Gasteiger partial charge >= 0.3 is 5.97 Å². The van der Waals surface area contributed by atoms with Gasteiger partial charge in [-0.2, -0.15) is 0 Å². The van der Waals surface area contributed by atoms with Crippen LogP contribution in [0.5, 0.6) is 0 Å². The molecule has 2 aliphatic rings. The molecule has 1 N–H and O–H groups in total. The number of esters is 1. The third kappa shape index (κ3) is 3.15. The highest BCUT2D eigenvalue weighted by atomic mass is 16.5. The molecule has 20 heavy (non-hydrogen) atoms. The minimum atomic E-state index is -0.547. The van der Waals surface area contributed by atoms with Crippen LogP contribution in [0.2, 0.25) is 0 Å². The van der Waals surface area contributed by atoms with Crippen molar-refractivity contribution >= 4 is 5.97 Å². The Morgan fingerprint density at radius 1 is 1.45 bits per heavy atom. The van der Waals surface area contributed by atoms with Crippen LogP contribution in [0.4, 0.5) is 0 Å². The average Bonchev–Trinajstić information content (AvgIpc) is 3.26. The summed E-state index contributed by atoms with van der Waals surface area (Å²) < 4.78 is 10.8. The number of ether oxygens (including phenoxy) is 2. The van der Waals surface area contributed by atoms with Crippen LogP contribution in [0.25, 0.3) is 0 Å². The number of hydrogen-bond acceptors (Lipinski definition) is 5. The summed E-state index contributed by atoms with van der Waals surface area (Å²) in [6.07, 6.45) is 2.44. The largest absolute Gasteiger partial charge is 0.468 e. The molecule has 0 aromatic rings. The molecule has 1 saturated heterocycles. The quantitative estimate of drug-likeness (QED) is 0.738. The molecule has 3 unspecified atom stereocenters. The van der Waals surface area contributed by atoms with E-state index in [-0.39, 0.29) is 12.1 Å². The number of nitrogens with one attached hydrogen (secondary N) is 1. The predicted molar refractivity (Wildman–Crippen MR) is 77.6 cm³/mol. The van der Waals surface area contributed by atoms with Gasteiger partial charge in [0.05, 0.1) is 19.8 Å². The van der Waals surface area contributed by atoms with Gasteiger partial charge < -0.3 is 14.8 Å². The van der Waals surface area contributed by atoms with E-state index in [1.54, 1.807) is 0 Å². The molecule has 1 aliphatic carbocycles. The molecular weight excluding hydrogens is 256 g/mol. The van der Waals surface area contributed by atoms with Crippen molar-refractivity contribution < 1.29 is 14.3 Å². The number of hydrogen-bond donors (Lipinski definition) is 1. The zero-order chi connectivity index (χ0) is 14.8. The first-order valence-electron chi connectivity index (χ1n) is 7.72. The van der Waals surface area contributed by atoms with E-state index in [9.17, 15) is 4.79 Å². The molecule has 1 saturated carbocycles. The molecule has 1 heterocycles. The number of likely N-dealkylation sites (N-methyl/N-ethyl adjacent to an activating group) is 1. The molecule has 2 fully saturated rings. The Bertz CT molecular complexity index is 346. The van der Waals surface area contributed by atoms with Gasteiger partial charge in [-0.15, -0.1) is 0 Å². The molecule has 0 amide bonds. The van der Waals surface area contributed by atoms with Gasteiger partial charge in [-0.1, -0.05) is 6.92 Å². The lowest BCUT2D eigenvalue weighted by atomic mass is 9.91. The van der Waals surface area contributed by atoms with E-state index in [0.717, 1.165) is 32.5 Å². The molecular formula is C15H28N2O3. The van der Waals surface area contributed by atoms with Crippen molar-refractivity contribution in [1.82, 2.24) is 10.2 Å². The molecule has 0 aromatic heterocycles. The molecule has 0 bridgehead atoms. The van der Waals surface area contributed by atoms with Gasteiger partial charge in [0.25, 0.3) is 0 Å². The first kappa shape index (κ1) is 15.7. The second-order valence-corrected chi connectivity index (χ2v) is 6.19. The summed E-state index contributed by atoms with van der Waals surface area (Å²) in [5.74, 6) is 0.286. The number of carbonyl (C=O) groups is 1. The summed E-state index contributed by atoms with van der Waals surface area (Å²) in [5.41, 5.74) is -0.547. The highest BCUT2D eigenvalue weighted by Gasteiger charge is 2.52. The van der Waals surface area contributed by atoms with Gasteiger partial charge in [-0.05, 0) is 39.2 Å². The normalized spacial score (nSPS) is 30.8. The van der Waals surface area contributed by atoms with Crippen molar-refractivity contribution in [2.75, 3.05) is 33.4 Å². The highest BCUT2D eigenvalue weighted by Crippen LogP contribution is 2.41. The molecule has 0 aromatic carbocycles. The number of morpholine rings is 1. The van der Waals surface area contributed by atoms with Crippen LogP contribution in [0.3, 0.4) is 0 Å². The average molecular weight is 284 g/mol. The fourth-order valence-corrected chi connectivity index (χ4v) is 3.22. The van der Waals surface area contributed by atoms with Crippen molar-refractivity contribution in [1.29, 1.82) is 0 Å². The SMILES string of the molecule is CCNC(CN1CC(C)OCC1C)(C(=O)OC)C1CC1. The van der Waals surface area contributed by atoms with Crippen LogP contribution in [-0.4, -0.2) is 61.9 Å². The van der Waals surface area contributed by atoms with Gasteiger partial charge in [0, 0.05) is 19.1 Å². The maximum absolute atomic E-state index is 12.4. The molecule has 2 rings (SSSR count). The molecule has 5 nitrogen and oxygen atoms in total. The number of rotatable bonds is 6.